The number of nitrogens with one attached hydrogen (secondary N) is 4. The molecule has 2 aromatic rings. The number of nitrogens with zero attached hydrogens (tertiary/aromatic N) is 1. The number of halogens is 1. The van der Waals surface area contributed by atoms with Crippen LogP contribution in [0.4, 0.5) is 0 Å². The van der Waals surface area contributed by atoms with Gasteiger partial charge in [0.05, 0.1) is 6.61 Å². The molecule has 0 aliphatic carbocycles. The molecule has 2 unspecified atom stereocenters. The van der Waals surface area contributed by atoms with E-state index in [1.165, 1.54) is 18.0 Å². The molecule has 0 aromatic heterocycles. The number of benzene rings is 2. The van der Waals surface area contributed by atoms with Gasteiger partial charge >= 0.3 is 0 Å². The van der Waals surface area contributed by atoms with E-state index in [0.717, 1.165) is 70.5 Å². The molecule has 1 saturated heterocycles. The van der Waals surface area contributed by atoms with Gasteiger partial charge in [0, 0.05) is 58.7 Å². The average molecular weight is 582 g/mol. The maximum Gasteiger partial charge on any atom is 0.119 e. The molecule has 39 heavy (non-hydrogen) atoms. The molecule has 3 aliphatic rings. The average Bonchev–Trinajstić information content (AvgIpc) is 3.68. The Morgan fingerprint density at radius 2 is 1.79 bits per heavy atom. The summed E-state index contributed by atoms with van der Waals surface area (Å²) >= 11 is 9.56. The fourth-order valence-corrected chi connectivity index (χ4v) is 7.24. The van der Waals surface area contributed by atoms with Crippen molar-refractivity contribution in [3.05, 3.63) is 92.8 Å². The number of ether oxygens (including phenoxy) is 1. The van der Waals surface area contributed by atoms with Crippen molar-refractivity contribution < 1.29 is 9.84 Å². The van der Waals surface area contributed by atoms with Crippen molar-refractivity contribution in [3.63, 3.8) is 0 Å². The molecule has 1 fully saturated rings. The third kappa shape index (κ3) is 6.32. The second-order valence-electron chi connectivity index (χ2n) is 9.36. The number of hydrogen-bond acceptors (Lipinski definition) is 9. The number of allylic oxidation sites excluding steroid dienone is 2. The van der Waals surface area contributed by atoms with E-state index in [-0.39, 0.29) is 24.0 Å². The molecule has 3 aliphatic heterocycles. The fourth-order valence-electron chi connectivity index (χ4n) is 4.95. The van der Waals surface area contributed by atoms with Crippen LogP contribution in [0.25, 0.3) is 5.57 Å². The lowest BCUT2D eigenvalue weighted by molar-refractivity contribution is 0.201. The molecule has 2 aromatic carbocycles. The quantitative estimate of drug-likeness (QED) is 0.220. The molecule has 7 nitrogen and oxygen atoms in total. The van der Waals surface area contributed by atoms with Gasteiger partial charge < -0.3 is 36.2 Å². The summed E-state index contributed by atoms with van der Waals surface area (Å²) in [5.41, 5.74) is 5.80. The maximum absolute atomic E-state index is 9.08. The van der Waals surface area contributed by atoms with Crippen LogP contribution in [-0.4, -0.2) is 59.9 Å². The normalized spacial score (nSPS) is 21.0. The number of aliphatic hydroxyl groups is 1. The number of rotatable bonds is 11. The lowest BCUT2D eigenvalue weighted by Crippen LogP contribution is -2.41. The van der Waals surface area contributed by atoms with Gasteiger partial charge in [-0.05, 0) is 53.6 Å². The van der Waals surface area contributed by atoms with Crippen LogP contribution in [0.1, 0.15) is 29.3 Å². The van der Waals surface area contributed by atoms with E-state index in [1.54, 1.807) is 23.5 Å². The van der Waals surface area contributed by atoms with E-state index in [1.807, 2.05) is 48.5 Å². The highest BCUT2D eigenvalue weighted by atomic mass is 35.5. The van der Waals surface area contributed by atoms with E-state index < -0.39 is 0 Å². The Labute approximate surface area is 242 Å². The van der Waals surface area contributed by atoms with Gasteiger partial charge in [-0.15, -0.1) is 23.5 Å². The summed E-state index contributed by atoms with van der Waals surface area (Å²) in [4.78, 5) is 2.33. The Morgan fingerprint density at radius 3 is 2.46 bits per heavy atom. The number of hydrogen-bond donors (Lipinski definition) is 5. The summed E-state index contributed by atoms with van der Waals surface area (Å²) in [6.07, 6.45) is 5.08. The molecule has 3 heterocycles. The topological polar surface area (TPSA) is 104 Å². The largest absolute Gasteiger partial charge is 0.491 e. The van der Waals surface area contributed by atoms with Gasteiger partial charge in [0.15, 0.2) is 0 Å². The highest BCUT2D eigenvalue weighted by Gasteiger charge is 2.32. The Kier molecular flexibility index (Phi) is 9.24. The summed E-state index contributed by atoms with van der Waals surface area (Å²) in [5.74, 6) is 2.39. The third-order valence-electron chi connectivity index (χ3n) is 6.83. The van der Waals surface area contributed by atoms with Gasteiger partial charge in [0.1, 0.15) is 28.9 Å². The molecule has 0 saturated carbocycles. The molecule has 0 radical (unpaired) electrons. The van der Waals surface area contributed by atoms with Crippen molar-refractivity contribution in [2.75, 3.05) is 32.1 Å². The van der Waals surface area contributed by atoms with Crippen LogP contribution in [0, 0.1) is 10.8 Å². The zero-order valence-electron chi connectivity index (χ0n) is 21.5. The molecule has 0 bridgehead atoms. The summed E-state index contributed by atoms with van der Waals surface area (Å²) in [5, 5.41) is 36.0. The first-order valence-corrected chi connectivity index (χ1v) is 15.3. The first-order chi connectivity index (χ1) is 19.1. The summed E-state index contributed by atoms with van der Waals surface area (Å²) < 4.78 is 5.56. The van der Waals surface area contributed by atoms with Crippen molar-refractivity contribution >= 4 is 53.1 Å². The van der Waals surface area contributed by atoms with Crippen LogP contribution < -0.4 is 15.4 Å². The SMILES string of the molecule is N=CC1=C(N2CCCC2)NC(SCC2=CSC(c3ccc(Cl)cc3)N2)C(C=N)=C1c1ccc(OCCO)cc1. The van der Waals surface area contributed by atoms with Gasteiger partial charge in [0.2, 0.25) is 0 Å². The Balaban J connectivity index is 1.40. The Bertz CT molecular complexity index is 1290. The maximum atomic E-state index is 9.08. The predicted octanol–water partition coefficient (Wildman–Crippen LogP) is 5.61. The molecular formula is C29H32ClN5O2S2. The van der Waals surface area contributed by atoms with Crippen molar-refractivity contribution in [1.29, 1.82) is 10.8 Å². The zero-order valence-corrected chi connectivity index (χ0v) is 23.8. The van der Waals surface area contributed by atoms with Crippen LogP contribution in [0.15, 0.2) is 76.6 Å². The van der Waals surface area contributed by atoms with Crippen LogP contribution >= 0.6 is 35.1 Å². The van der Waals surface area contributed by atoms with Gasteiger partial charge in [-0.1, -0.05) is 35.9 Å². The monoisotopic (exact) mass is 581 g/mol. The number of likely N-dealkylation sites (tertiary alicyclic amines) is 1. The molecule has 10 heteroatoms. The number of aliphatic hydroxyl groups excluding tert-OH is 1. The smallest absolute Gasteiger partial charge is 0.119 e. The first-order valence-electron chi connectivity index (χ1n) is 12.9. The van der Waals surface area contributed by atoms with Gasteiger partial charge in [-0.2, -0.15) is 0 Å². The number of thioether (sulfide) groups is 2. The van der Waals surface area contributed by atoms with Gasteiger partial charge in [-0.3, -0.25) is 0 Å². The summed E-state index contributed by atoms with van der Waals surface area (Å²) in [6.45, 7) is 2.09. The highest BCUT2D eigenvalue weighted by Crippen LogP contribution is 2.40. The van der Waals surface area contributed by atoms with Crippen molar-refractivity contribution in [3.8, 4) is 5.75 Å². The lowest BCUT2D eigenvalue weighted by atomic mass is 9.90. The summed E-state index contributed by atoms with van der Waals surface area (Å²) in [6, 6.07) is 15.6. The molecule has 0 amide bonds. The van der Waals surface area contributed by atoms with E-state index in [2.05, 4.69) is 20.9 Å². The second-order valence-corrected chi connectivity index (χ2v) is 11.9. The van der Waals surface area contributed by atoms with Crippen LogP contribution in [0.3, 0.4) is 0 Å². The Hall–Kier alpha value is -2.85. The Morgan fingerprint density at radius 1 is 1.05 bits per heavy atom. The van der Waals surface area contributed by atoms with E-state index >= 15 is 0 Å². The lowest BCUT2D eigenvalue weighted by Gasteiger charge is -2.36. The minimum absolute atomic E-state index is 0.0421. The second kappa shape index (κ2) is 13.0. The highest BCUT2D eigenvalue weighted by molar-refractivity contribution is 8.03. The van der Waals surface area contributed by atoms with Crippen LogP contribution in [0.5, 0.6) is 5.75 Å². The predicted molar refractivity (Wildman–Crippen MR) is 164 cm³/mol. The van der Waals surface area contributed by atoms with E-state index in [4.69, 9.17) is 32.3 Å². The zero-order chi connectivity index (χ0) is 27.2. The molecule has 5 rings (SSSR count). The molecule has 2 atom stereocenters. The number of dihydropyridines is 1. The molecular weight excluding hydrogens is 550 g/mol. The van der Waals surface area contributed by atoms with Crippen molar-refractivity contribution in [2.45, 2.75) is 23.6 Å². The minimum Gasteiger partial charge on any atom is -0.491 e. The standard InChI is InChI=1S/C29H32ClN5O2S2/c30-21-7-3-20(4-8-21)28-33-22(17-38-28)18-39-29-25(16-32)26(19-5-9-23(10-6-19)37-14-13-36)24(15-31)27(34-29)35-11-1-2-12-35/h3-10,15-17,28-29,31-34,36H,1-2,11-14,18H2. The van der Waals surface area contributed by atoms with Gasteiger partial charge in [0.25, 0.3) is 0 Å². The molecule has 0 spiro atoms. The van der Waals surface area contributed by atoms with E-state index in [9.17, 15) is 0 Å². The fraction of sp³-hybridized carbons (Fsp3) is 0.310. The molecule has 5 N–H and O–H groups in total. The van der Waals surface area contributed by atoms with Crippen LogP contribution in [0.2, 0.25) is 5.02 Å². The van der Waals surface area contributed by atoms with E-state index in [0.29, 0.717) is 5.75 Å². The van der Waals surface area contributed by atoms with Gasteiger partial charge in [-0.25, -0.2) is 0 Å². The van der Waals surface area contributed by atoms with Crippen molar-refractivity contribution in [2.24, 2.45) is 0 Å². The third-order valence-corrected chi connectivity index (χ3v) is 9.35. The minimum atomic E-state index is -0.149. The molecule has 204 valence electrons. The first kappa shape index (κ1) is 27.7. The summed E-state index contributed by atoms with van der Waals surface area (Å²) in [7, 11) is 0. The van der Waals surface area contributed by atoms with Crippen molar-refractivity contribution in [1.82, 2.24) is 15.5 Å². The van der Waals surface area contributed by atoms with Crippen LogP contribution in [-0.2, 0) is 0 Å².